The number of amides is 1. The number of ether oxygens (including phenoxy) is 1. The van der Waals surface area contributed by atoms with E-state index in [-0.39, 0.29) is 6.09 Å². The van der Waals surface area contributed by atoms with Crippen LogP contribution in [0.3, 0.4) is 0 Å². The minimum absolute atomic E-state index is 0.230. The van der Waals surface area contributed by atoms with Gasteiger partial charge in [-0.1, -0.05) is 15.9 Å². The number of rotatable bonds is 2. The van der Waals surface area contributed by atoms with E-state index >= 15 is 0 Å². The van der Waals surface area contributed by atoms with Gasteiger partial charge in [0, 0.05) is 36.0 Å². The van der Waals surface area contributed by atoms with E-state index in [2.05, 4.69) is 20.8 Å². The molecule has 1 aromatic carbocycles. The second kappa shape index (κ2) is 7.62. The summed E-state index contributed by atoms with van der Waals surface area (Å²) in [7, 11) is 2.03. The van der Waals surface area contributed by atoms with E-state index in [0.717, 1.165) is 39.9 Å². The molecular weight excluding hydrogens is 408 g/mol. The molecule has 0 atom stereocenters. The van der Waals surface area contributed by atoms with Gasteiger partial charge in [-0.3, -0.25) is 0 Å². The van der Waals surface area contributed by atoms with E-state index in [1.54, 1.807) is 4.90 Å². The molecule has 1 aliphatic heterocycles. The lowest BCUT2D eigenvalue weighted by atomic mass is 10.0. The third kappa shape index (κ3) is 4.69. The average Bonchev–Trinajstić information content (AvgIpc) is 2.60. The van der Waals surface area contributed by atoms with Gasteiger partial charge in [0.05, 0.1) is 11.2 Å². The maximum absolute atomic E-state index is 12.2. The first-order valence-corrected chi connectivity index (χ1v) is 10.1. The SMILES string of the molecule is Cc1nc(N(C)C2CCN(C(=O)OC(C)(C)C)CC2)nc2ccc(Br)cc12. The summed E-state index contributed by atoms with van der Waals surface area (Å²) in [5, 5.41) is 1.06. The molecule has 0 saturated carbocycles. The number of anilines is 1. The predicted molar refractivity (Wildman–Crippen MR) is 111 cm³/mol. The standard InChI is InChI=1S/C20H27BrN4O2/c1-13-16-12-14(21)6-7-17(16)23-18(22-13)24(5)15-8-10-25(11-9-15)19(26)27-20(2,3)4/h6-7,12,15H,8-11H2,1-5H3. The highest BCUT2D eigenvalue weighted by atomic mass is 79.9. The number of hydrogen-bond donors (Lipinski definition) is 0. The van der Waals surface area contributed by atoms with Crippen LogP contribution >= 0.6 is 15.9 Å². The molecule has 2 aromatic rings. The lowest BCUT2D eigenvalue weighted by molar-refractivity contribution is 0.0205. The summed E-state index contributed by atoms with van der Waals surface area (Å²) in [5.74, 6) is 0.734. The van der Waals surface area contributed by atoms with Crippen LogP contribution < -0.4 is 4.90 Å². The number of piperidine rings is 1. The first-order valence-electron chi connectivity index (χ1n) is 9.29. The zero-order valence-electron chi connectivity index (χ0n) is 16.6. The van der Waals surface area contributed by atoms with Gasteiger partial charge in [0.2, 0.25) is 5.95 Å². The van der Waals surface area contributed by atoms with Crippen molar-refractivity contribution in [2.75, 3.05) is 25.0 Å². The molecule has 7 heteroatoms. The summed E-state index contributed by atoms with van der Waals surface area (Å²) in [5.41, 5.74) is 1.45. The van der Waals surface area contributed by atoms with Crippen molar-refractivity contribution in [1.29, 1.82) is 0 Å². The Kier molecular flexibility index (Phi) is 5.60. The lowest BCUT2D eigenvalue weighted by Gasteiger charge is -2.37. The van der Waals surface area contributed by atoms with Gasteiger partial charge in [-0.15, -0.1) is 0 Å². The maximum atomic E-state index is 12.2. The van der Waals surface area contributed by atoms with Crippen LogP contribution in [-0.2, 0) is 4.74 Å². The predicted octanol–water partition coefficient (Wildman–Crippen LogP) is 4.54. The molecule has 2 heterocycles. The number of carbonyl (C=O) groups excluding carboxylic acids is 1. The van der Waals surface area contributed by atoms with Crippen molar-refractivity contribution in [3.63, 3.8) is 0 Å². The Labute approximate surface area is 169 Å². The molecule has 1 aromatic heterocycles. The van der Waals surface area contributed by atoms with Crippen LogP contribution in [0.25, 0.3) is 10.9 Å². The Morgan fingerprint density at radius 3 is 2.56 bits per heavy atom. The van der Waals surface area contributed by atoms with Crippen molar-refractivity contribution in [1.82, 2.24) is 14.9 Å². The van der Waals surface area contributed by atoms with E-state index in [1.807, 2.05) is 52.9 Å². The molecule has 0 spiro atoms. The molecule has 1 amide bonds. The fourth-order valence-electron chi connectivity index (χ4n) is 3.32. The van der Waals surface area contributed by atoms with E-state index in [0.29, 0.717) is 19.1 Å². The van der Waals surface area contributed by atoms with Gasteiger partial charge in [-0.25, -0.2) is 14.8 Å². The number of aromatic nitrogens is 2. The van der Waals surface area contributed by atoms with Crippen molar-refractivity contribution in [2.45, 2.75) is 52.2 Å². The van der Waals surface area contributed by atoms with Crippen LogP contribution in [0.2, 0.25) is 0 Å². The molecule has 0 bridgehead atoms. The largest absolute Gasteiger partial charge is 0.444 e. The number of carbonyl (C=O) groups is 1. The van der Waals surface area contributed by atoms with E-state index in [1.165, 1.54) is 0 Å². The topological polar surface area (TPSA) is 58.6 Å². The molecule has 146 valence electrons. The Bertz CT molecular complexity index is 842. The molecule has 0 N–H and O–H groups in total. The van der Waals surface area contributed by atoms with Crippen LogP contribution in [0, 0.1) is 6.92 Å². The van der Waals surface area contributed by atoms with Crippen LogP contribution in [0.5, 0.6) is 0 Å². The van der Waals surface area contributed by atoms with Gasteiger partial charge in [0.1, 0.15) is 5.60 Å². The summed E-state index contributed by atoms with van der Waals surface area (Å²) < 4.78 is 6.50. The number of halogens is 1. The number of aryl methyl sites for hydroxylation is 1. The maximum Gasteiger partial charge on any atom is 0.410 e. The van der Waals surface area contributed by atoms with Crippen LogP contribution in [0.1, 0.15) is 39.3 Å². The van der Waals surface area contributed by atoms with E-state index < -0.39 is 5.60 Å². The fourth-order valence-corrected chi connectivity index (χ4v) is 3.68. The van der Waals surface area contributed by atoms with Crippen molar-refractivity contribution in [3.8, 4) is 0 Å². The smallest absolute Gasteiger partial charge is 0.410 e. The van der Waals surface area contributed by atoms with Gasteiger partial charge < -0.3 is 14.5 Å². The summed E-state index contributed by atoms with van der Waals surface area (Å²) in [4.78, 5) is 25.6. The van der Waals surface area contributed by atoms with Crippen molar-refractivity contribution in [2.24, 2.45) is 0 Å². The Hall–Kier alpha value is -1.89. The first kappa shape index (κ1) is 19.9. The minimum atomic E-state index is -0.462. The molecule has 0 unspecified atom stereocenters. The number of likely N-dealkylation sites (tertiary alicyclic amines) is 1. The third-order valence-electron chi connectivity index (χ3n) is 4.82. The molecule has 3 rings (SSSR count). The van der Waals surface area contributed by atoms with E-state index in [9.17, 15) is 4.79 Å². The zero-order valence-corrected chi connectivity index (χ0v) is 18.2. The fraction of sp³-hybridized carbons (Fsp3) is 0.550. The second-order valence-electron chi connectivity index (χ2n) is 8.08. The summed E-state index contributed by atoms with van der Waals surface area (Å²) >= 11 is 3.50. The molecule has 27 heavy (non-hydrogen) atoms. The quantitative estimate of drug-likeness (QED) is 0.694. The van der Waals surface area contributed by atoms with Crippen molar-refractivity contribution < 1.29 is 9.53 Å². The number of fused-ring (bicyclic) bond motifs is 1. The highest BCUT2D eigenvalue weighted by molar-refractivity contribution is 9.10. The van der Waals surface area contributed by atoms with Crippen LogP contribution in [-0.4, -0.2) is 52.7 Å². The minimum Gasteiger partial charge on any atom is -0.444 e. The van der Waals surface area contributed by atoms with Crippen molar-refractivity contribution >= 4 is 38.9 Å². The van der Waals surface area contributed by atoms with E-state index in [4.69, 9.17) is 14.7 Å². The average molecular weight is 435 g/mol. The first-order chi connectivity index (χ1) is 12.6. The van der Waals surface area contributed by atoms with Gasteiger partial charge in [-0.05, 0) is 58.7 Å². The molecule has 0 aliphatic carbocycles. The molecule has 1 fully saturated rings. The Morgan fingerprint density at radius 2 is 1.93 bits per heavy atom. The van der Waals surface area contributed by atoms with Gasteiger partial charge in [0.25, 0.3) is 0 Å². The molecular formula is C20H27BrN4O2. The lowest BCUT2D eigenvalue weighted by Crippen LogP contribution is -2.47. The molecule has 1 aliphatic rings. The molecule has 6 nitrogen and oxygen atoms in total. The van der Waals surface area contributed by atoms with Crippen molar-refractivity contribution in [3.05, 3.63) is 28.4 Å². The Balaban J connectivity index is 1.69. The highest BCUT2D eigenvalue weighted by Gasteiger charge is 2.29. The highest BCUT2D eigenvalue weighted by Crippen LogP contribution is 2.25. The number of benzene rings is 1. The van der Waals surface area contributed by atoms with Crippen LogP contribution in [0.15, 0.2) is 22.7 Å². The van der Waals surface area contributed by atoms with Crippen LogP contribution in [0.4, 0.5) is 10.7 Å². The number of hydrogen-bond acceptors (Lipinski definition) is 5. The second-order valence-corrected chi connectivity index (χ2v) is 9.00. The number of nitrogens with zero attached hydrogens (tertiary/aromatic N) is 4. The molecule has 1 saturated heterocycles. The van der Waals surface area contributed by atoms with Gasteiger partial charge >= 0.3 is 6.09 Å². The summed E-state index contributed by atoms with van der Waals surface area (Å²) in [6.07, 6.45) is 1.51. The normalized spacial score (nSPS) is 15.9. The third-order valence-corrected chi connectivity index (χ3v) is 5.31. The van der Waals surface area contributed by atoms with Gasteiger partial charge in [-0.2, -0.15) is 0 Å². The monoisotopic (exact) mass is 434 g/mol. The van der Waals surface area contributed by atoms with Gasteiger partial charge in [0.15, 0.2) is 0 Å². The summed E-state index contributed by atoms with van der Waals surface area (Å²) in [6, 6.07) is 6.36. The Morgan fingerprint density at radius 1 is 1.26 bits per heavy atom. The zero-order chi connectivity index (χ0) is 19.8. The summed E-state index contributed by atoms with van der Waals surface area (Å²) in [6.45, 7) is 9.06. The molecule has 0 radical (unpaired) electrons.